The second-order valence-corrected chi connectivity index (χ2v) is 6.26. The van der Waals surface area contributed by atoms with Crippen molar-refractivity contribution in [1.29, 1.82) is 0 Å². The number of carbonyl (C=O) groups excluding carboxylic acids is 1. The molecule has 4 heteroatoms. The normalized spacial score (nSPS) is 25.8. The van der Waals surface area contributed by atoms with Crippen molar-refractivity contribution in [2.75, 3.05) is 19.8 Å². The molecule has 4 nitrogen and oxygen atoms in total. The predicted molar refractivity (Wildman–Crippen MR) is 75.7 cm³/mol. The molecule has 2 aliphatic rings. The molecule has 1 saturated heterocycles. The van der Waals surface area contributed by atoms with Gasteiger partial charge in [-0.3, -0.25) is 4.79 Å². The molecule has 19 heavy (non-hydrogen) atoms. The molecule has 1 saturated carbocycles. The van der Waals surface area contributed by atoms with Crippen LogP contribution in [0.25, 0.3) is 0 Å². The minimum Gasteiger partial charge on any atom is -0.381 e. The van der Waals surface area contributed by atoms with Crippen molar-refractivity contribution in [3.8, 4) is 0 Å². The molecule has 0 aromatic heterocycles. The molecule has 1 unspecified atom stereocenters. The zero-order valence-corrected chi connectivity index (χ0v) is 12.1. The summed E-state index contributed by atoms with van der Waals surface area (Å²) in [5.41, 5.74) is 5.49. The Morgan fingerprint density at radius 3 is 2.53 bits per heavy atom. The van der Waals surface area contributed by atoms with E-state index in [0.717, 1.165) is 12.8 Å². The van der Waals surface area contributed by atoms with Crippen LogP contribution in [0.2, 0.25) is 0 Å². The number of nitrogens with two attached hydrogens (primary N) is 1. The van der Waals surface area contributed by atoms with Crippen molar-refractivity contribution >= 4 is 5.91 Å². The van der Waals surface area contributed by atoms with E-state index in [0.29, 0.717) is 25.7 Å². The van der Waals surface area contributed by atoms with Gasteiger partial charge < -0.3 is 15.8 Å². The Kier molecular flexibility index (Phi) is 5.22. The Hall–Kier alpha value is -0.610. The first-order valence-electron chi connectivity index (χ1n) is 7.77. The summed E-state index contributed by atoms with van der Waals surface area (Å²) >= 11 is 0. The molecule has 1 aliphatic heterocycles. The number of hydrogen-bond acceptors (Lipinski definition) is 3. The van der Waals surface area contributed by atoms with Crippen molar-refractivity contribution in [3.05, 3.63) is 0 Å². The molecule has 0 aromatic carbocycles. The Balaban J connectivity index is 1.90. The van der Waals surface area contributed by atoms with Crippen LogP contribution in [0.3, 0.4) is 0 Å². The lowest BCUT2D eigenvalue weighted by molar-refractivity contribution is -0.137. The van der Waals surface area contributed by atoms with Gasteiger partial charge in [0, 0.05) is 25.8 Å². The third-order valence-electron chi connectivity index (χ3n) is 5.04. The third-order valence-corrected chi connectivity index (χ3v) is 5.04. The van der Waals surface area contributed by atoms with Gasteiger partial charge in [-0.05, 0) is 38.5 Å². The lowest BCUT2D eigenvalue weighted by atomic mass is 9.78. The van der Waals surface area contributed by atoms with Gasteiger partial charge in [0.1, 0.15) is 0 Å². The third kappa shape index (κ3) is 3.48. The molecule has 1 heterocycles. The lowest BCUT2D eigenvalue weighted by Gasteiger charge is -2.37. The molecule has 0 radical (unpaired) electrons. The minimum atomic E-state index is -0.388. The summed E-state index contributed by atoms with van der Waals surface area (Å²) < 4.78 is 5.36. The number of ether oxygens (including phenoxy) is 1. The van der Waals surface area contributed by atoms with Crippen LogP contribution in [0.1, 0.15) is 51.9 Å². The highest BCUT2D eigenvalue weighted by molar-refractivity contribution is 5.83. The zero-order valence-electron chi connectivity index (χ0n) is 12.1. The predicted octanol–water partition coefficient (Wildman–Crippen LogP) is 1.83. The Bertz CT molecular complexity index is 295. The fourth-order valence-electron chi connectivity index (χ4n) is 3.40. The smallest absolute Gasteiger partial charge is 0.227 e. The Morgan fingerprint density at radius 2 is 1.95 bits per heavy atom. The van der Waals surface area contributed by atoms with E-state index in [1.807, 2.05) is 0 Å². The van der Waals surface area contributed by atoms with Gasteiger partial charge in [-0.2, -0.15) is 0 Å². The van der Waals surface area contributed by atoms with Gasteiger partial charge >= 0.3 is 0 Å². The number of rotatable bonds is 4. The van der Waals surface area contributed by atoms with Crippen LogP contribution >= 0.6 is 0 Å². The first-order valence-corrected chi connectivity index (χ1v) is 7.77. The summed E-state index contributed by atoms with van der Waals surface area (Å²) in [5.74, 6) is 0.795. The van der Waals surface area contributed by atoms with E-state index in [1.54, 1.807) is 0 Å². The summed E-state index contributed by atoms with van der Waals surface area (Å²) in [4.78, 5) is 12.6. The van der Waals surface area contributed by atoms with Gasteiger partial charge in [-0.15, -0.1) is 0 Å². The highest BCUT2D eigenvalue weighted by Crippen LogP contribution is 2.31. The van der Waals surface area contributed by atoms with Crippen LogP contribution in [0.15, 0.2) is 0 Å². The van der Waals surface area contributed by atoms with Crippen molar-refractivity contribution in [2.45, 2.75) is 57.9 Å². The van der Waals surface area contributed by atoms with Crippen LogP contribution in [-0.4, -0.2) is 31.7 Å². The van der Waals surface area contributed by atoms with E-state index in [2.05, 4.69) is 12.2 Å². The maximum Gasteiger partial charge on any atom is 0.227 e. The van der Waals surface area contributed by atoms with E-state index < -0.39 is 0 Å². The van der Waals surface area contributed by atoms with Gasteiger partial charge in [0.2, 0.25) is 5.91 Å². The van der Waals surface area contributed by atoms with Gasteiger partial charge in [-0.25, -0.2) is 0 Å². The van der Waals surface area contributed by atoms with Crippen LogP contribution in [0.5, 0.6) is 0 Å². The fourth-order valence-corrected chi connectivity index (χ4v) is 3.40. The number of amides is 1. The summed E-state index contributed by atoms with van der Waals surface area (Å²) in [6.45, 7) is 3.89. The number of carbonyl (C=O) groups is 1. The molecule has 0 aromatic rings. The topological polar surface area (TPSA) is 64.4 Å². The largest absolute Gasteiger partial charge is 0.381 e. The van der Waals surface area contributed by atoms with Crippen molar-refractivity contribution < 1.29 is 9.53 Å². The summed E-state index contributed by atoms with van der Waals surface area (Å²) in [5, 5.41) is 3.24. The average molecular weight is 268 g/mol. The van der Waals surface area contributed by atoms with Crippen LogP contribution in [-0.2, 0) is 9.53 Å². The fraction of sp³-hybridized carbons (Fsp3) is 0.933. The summed E-state index contributed by atoms with van der Waals surface area (Å²) in [7, 11) is 0. The number of nitrogens with one attached hydrogen (secondary N) is 1. The highest BCUT2D eigenvalue weighted by Gasteiger charge is 2.39. The molecule has 110 valence electrons. The van der Waals surface area contributed by atoms with Crippen LogP contribution in [0, 0.1) is 11.3 Å². The maximum atomic E-state index is 12.6. The first-order chi connectivity index (χ1) is 9.18. The monoisotopic (exact) mass is 268 g/mol. The van der Waals surface area contributed by atoms with Crippen molar-refractivity contribution in [3.63, 3.8) is 0 Å². The number of hydrogen-bond donors (Lipinski definition) is 2. The lowest BCUT2D eigenvalue weighted by Crippen LogP contribution is -2.52. The molecule has 1 aliphatic carbocycles. The van der Waals surface area contributed by atoms with Gasteiger partial charge in [0.15, 0.2) is 0 Å². The Morgan fingerprint density at radius 1 is 1.32 bits per heavy atom. The average Bonchev–Trinajstić information content (AvgIpc) is 2.48. The molecule has 1 atom stereocenters. The molecule has 2 fully saturated rings. The van der Waals surface area contributed by atoms with E-state index >= 15 is 0 Å². The standard InChI is InChI=1S/C15H28N2O2/c1-12(13-5-3-2-4-6-13)17-14(18)15(11-16)7-9-19-10-8-15/h12-13H,2-11,16H2,1H3,(H,17,18). The SMILES string of the molecule is CC(NC(=O)C1(CN)CCOCC1)C1CCCCC1. The van der Waals surface area contributed by atoms with Gasteiger partial charge in [0.05, 0.1) is 5.41 Å². The van der Waals surface area contributed by atoms with Crippen molar-refractivity contribution in [2.24, 2.45) is 17.1 Å². The molecular weight excluding hydrogens is 240 g/mol. The van der Waals surface area contributed by atoms with Crippen LogP contribution < -0.4 is 11.1 Å². The quantitative estimate of drug-likeness (QED) is 0.817. The summed E-state index contributed by atoms with van der Waals surface area (Å²) in [6.07, 6.45) is 7.97. The first kappa shape index (κ1) is 14.8. The van der Waals surface area contributed by atoms with Crippen LogP contribution in [0.4, 0.5) is 0 Å². The Labute approximate surface area is 116 Å². The van der Waals surface area contributed by atoms with E-state index in [4.69, 9.17) is 10.5 Å². The zero-order chi connectivity index (χ0) is 13.7. The molecule has 3 N–H and O–H groups in total. The molecule has 1 amide bonds. The minimum absolute atomic E-state index is 0.149. The second kappa shape index (κ2) is 6.71. The van der Waals surface area contributed by atoms with Gasteiger partial charge in [-0.1, -0.05) is 19.3 Å². The second-order valence-electron chi connectivity index (χ2n) is 6.26. The molecular formula is C15H28N2O2. The molecule has 2 rings (SSSR count). The summed E-state index contributed by atoms with van der Waals surface area (Å²) in [6, 6.07) is 0.277. The highest BCUT2D eigenvalue weighted by atomic mass is 16.5. The van der Waals surface area contributed by atoms with Crippen molar-refractivity contribution in [1.82, 2.24) is 5.32 Å². The van der Waals surface area contributed by atoms with E-state index in [-0.39, 0.29) is 17.4 Å². The maximum absolute atomic E-state index is 12.6. The molecule has 0 bridgehead atoms. The van der Waals surface area contributed by atoms with E-state index in [9.17, 15) is 4.79 Å². The van der Waals surface area contributed by atoms with E-state index in [1.165, 1.54) is 32.1 Å². The van der Waals surface area contributed by atoms with Gasteiger partial charge in [0.25, 0.3) is 0 Å². The molecule has 0 spiro atoms.